The maximum atomic E-state index is 6.76. The lowest BCUT2D eigenvalue weighted by Crippen LogP contribution is -2.46. The zero-order valence-corrected chi connectivity index (χ0v) is 30.7. The van der Waals surface area contributed by atoms with Crippen molar-refractivity contribution in [2.75, 3.05) is 54.1 Å². The zero-order chi connectivity index (χ0) is 36.2. The lowest BCUT2D eigenvalue weighted by atomic mass is 10.0. The summed E-state index contributed by atoms with van der Waals surface area (Å²) in [5.41, 5.74) is 5.87. The Kier molecular flexibility index (Phi) is 10.4. The molecule has 11 nitrogen and oxygen atoms in total. The van der Waals surface area contributed by atoms with E-state index in [0.29, 0.717) is 29.0 Å². The number of terminal acetylenes is 1. The summed E-state index contributed by atoms with van der Waals surface area (Å²) in [4.78, 5) is 8.36. The Morgan fingerprint density at radius 2 is 1.67 bits per heavy atom. The average Bonchev–Trinajstić information content (AvgIpc) is 3.94. The molecule has 3 aliphatic rings. The molecule has 3 aromatic carbocycles. The van der Waals surface area contributed by atoms with E-state index in [9.17, 15) is 0 Å². The van der Waals surface area contributed by atoms with Gasteiger partial charge in [-0.3, -0.25) is 4.90 Å². The van der Waals surface area contributed by atoms with E-state index in [0.717, 1.165) is 67.3 Å². The van der Waals surface area contributed by atoms with E-state index in [2.05, 4.69) is 88.7 Å². The highest BCUT2D eigenvalue weighted by Gasteiger charge is 2.46. The fourth-order valence-electron chi connectivity index (χ4n) is 6.85. The van der Waals surface area contributed by atoms with Gasteiger partial charge in [-0.1, -0.05) is 50.1 Å². The van der Waals surface area contributed by atoms with Crippen molar-refractivity contribution >= 4 is 35.0 Å². The van der Waals surface area contributed by atoms with Crippen molar-refractivity contribution in [2.45, 2.75) is 58.1 Å². The van der Waals surface area contributed by atoms with Crippen molar-refractivity contribution in [1.82, 2.24) is 20.0 Å². The number of nitrogens with zero attached hydrogens (tertiary/aromatic N) is 8. The summed E-state index contributed by atoms with van der Waals surface area (Å²) in [6, 6.07) is 20.9. The quantitative estimate of drug-likeness (QED) is 0.153. The second kappa shape index (κ2) is 15.3. The van der Waals surface area contributed by atoms with Crippen molar-refractivity contribution in [3.63, 3.8) is 0 Å². The molecule has 270 valence electrons. The fourth-order valence-corrected chi connectivity index (χ4v) is 7.19. The van der Waals surface area contributed by atoms with Crippen LogP contribution in [-0.4, -0.2) is 77.9 Å². The van der Waals surface area contributed by atoms with E-state index in [-0.39, 0.29) is 19.3 Å². The van der Waals surface area contributed by atoms with Gasteiger partial charge in [0, 0.05) is 53.8 Å². The molecule has 3 atom stereocenters. The number of hydrogen-bond acceptors (Lipinski definition) is 10. The molecule has 0 amide bonds. The lowest BCUT2D eigenvalue weighted by molar-refractivity contribution is -0.192. The molecule has 2 fully saturated rings. The third kappa shape index (κ3) is 7.19. The van der Waals surface area contributed by atoms with E-state index >= 15 is 0 Å². The van der Waals surface area contributed by atoms with Crippen molar-refractivity contribution in [3.05, 3.63) is 107 Å². The molecule has 0 N–H and O–H groups in total. The van der Waals surface area contributed by atoms with Crippen LogP contribution in [-0.2, 0) is 28.2 Å². The van der Waals surface area contributed by atoms with Crippen LogP contribution in [0.1, 0.15) is 43.9 Å². The van der Waals surface area contributed by atoms with Gasteiger partial charge in [0.1, 0.15) is 37.2 Å². The third-order valence-corrected chi connectivity index (χ3v) is 10.4. The zero-order valence-electron chi connectivity index (χ0n) is 30.0. The predicted molar refractivity (Wildman–Crippen MR) is 206 cm³/mol. The molecular formula is C40H45ClN8O3. The summed E-state index contributed by atoms with van der Waals surface area (Å²) in [5.74, 6) is 3.17. The normalized spacial score (nSPS) is 20.8. The first-order chi connectivity index (χ1) is 25.3. The molecule has 12 heteroatoms. The van der Waals surface area contributed by atoms with Gasteiger partial charge in [0.15, 0.2) is 0 Å². The fraction of sp³-hybridized carbons (Fsp3) is 0.375. The van der Waals surface area contributed by atoms with Crippen LogP contribution in [0.15, 0.2) is 90.6 Å². The molecule has 1 aromatic heterocycles. The Labute approximate surface area is 311 Å². The minimum Gasteiger partial charge on any atom is -0.489 e. The average molecular weight is 721 g/mol. The van der Waals surface area contributed by atoms with Gasteiger partial charge in [-0.25, -0.2) is 5.01 Å². The molecule has 3 aliphatic heterocycles. The maximum absolute atomic E-state index is 6.76. The number of benzene rings is 3. The van der Waals surface area contributed by atoms with E-state index in [1.807, 2.05) is 46.6 Å². The SMILES string of the molecule is C#Cc1cc(N2CCN(c3ccc(N4C=NN(C(C)CC)C4=C)cc3)CC2)ccc1OCC1COC(Cn2nccn2)(c2ccc(CC)cc2Cl)O1. The largest absolute Gasteiger partial charge is 0.489 e. The minimum absolute atomic E-state index is 0.242. The summed E-state index contributed by atoms with van der Waals surface area (Å²) in [6.07, 6.45) is 12.6. The highest BCUT2D eigenvalue weighted by molar-refractivity contribution is 6.31. The van der Waals surface area contributed by atoms with Crippen LogP contribution in [0.5, 0.6) is 5.75 Å². The monoisotopic (exact) mass is 720 g/mol. The van der Waals surface area contributed by atoms with Crippen molar-refractivity contribution in [3.8, 4) is 18.1 Å². The van der Waals surface area contributed by atoms with Crippen LogP contribution in [0.3, 0.4) is 0 Å². The number of rotatable bonds is 12. The number of piperazine rings is 1. The molecule has 0 bridgehead atoms. The summed E-state index contributed by atoms with van der Waals surface area (Å²) < 4.78 is 19.2. The standard InChI is InChI=1S/C40H45ClN8O3/c1-6-29(4)49-30(5)47(28-44-49)34-12-10-33(11-13-34)45-19-21-46(22-20-45)35-14-16-39(32(8-3)24-35)50-25-36-26-51-40(52-36,27-48-42-17-18-43-48)37-15-9-31(7-2)23-38(37)41/h3,9-18,23-24,28-29,36H,5-7,19-22,25-27H2,1-2,4H3. The van der Waals surface area contributed by atoms with E-state index < -0.39 is 5.79 Å². The number of aryl methyl sites for hydroxylation is 1. The molecule has 0 saturated carbocycles. The predicted octanol–water partition coefficient (Wildman–Crippen LogP) is 6.48. The molecule has 4 heterocycles. The van der Waals surface area contributed by atoms with E-state index in [1.165, 1.54) is 5.69 Å². The van der Waals surface area contributed by atoms with Crippen molar-refractivity contribution in [2.24, 2.45) is 5.10 Å². The Bertz CT molecular complexity index is 1940. The molecular weight excluding hydrogens is 676 g/mol. The number of halogens is 1. The maximum Gasteiger partial charge on any atom is 0.219 e. The number of hydrazone groups is 1. The first-order valence-electron chi connectivity index (χ1n) is 17.9. The number of aromatic nitrogens is 3. The van der Waals surface area contributed by atoms with E-state index in [1.54, 1.807) is 17.2 Å². The van der Waals surface area contributed by atoms with Crippen LogP contribution in [0.2, 0.25) is 5.02 Å². The van der Waals surface area contributed by atoms with Crippen LogP contribution in [0, 0.1) is 12.3 Å². The Hall–Kier alpha value is -5.02. The smallest absolute Gasteiger partial charge is 0.219 e. The van der Waals surface area contributed by atoms with Crippen LogP contribution in [0.25, 0.3) is 0 Å². The molecule has 7 rings (SSSR count). The van der Waals surface area contributed by atoms with Crippen molar-refractivity contribution < 1.29 is 14.2 Å². The molecule has 4 aromatic rings. The molecule has 0 aliphatic carbocycles. The Morgan fingerprint density at radius 3 is 2.35 bits per heavy atom. The molecule has 0 radical (unpaired) electrons. The summed E-state index contributed by atoms with van der Waals surface area (Å²) in [5, 5.41) is 15.7. The third-order valence-electron chi connectivity index (χ3n) is 10.1. The number of anilines is 3. The first-order valence-corrected chi connectivity index (χ1v) is 18.3. The topological polar surface area (TPSA) is 83.7 Å². The second-order valence-electron chi connectivity index (χ2n) is 13.3. The highest BCUT2D eigenvalue weighted by Crippen LogP contribution is 2.40. The molecule has 2 saturated heterocycles. The Balaban J connectivity index is 0.955. The van der Waals surface area contributed by atoms with Crippen LogP contribution >= 0.6 is 11.6 Å². The summed E-state index contributed by atoms with van der Waals surface area (Å²) >= 11 is 6.76. The van der Waals surface area contributed by atoms with Gasteiger partial charge in [0.05, 0.1) is 30.6 Å². The van der Waals surface area contributed by atoms with Gasteiger partial charge >= 0.3 is 0 Å². The summed E-state index contributed by atoms with van der Waals surface area (Å²) in [7, 11) is 0. The minimum atomic E-state index is -1.16. The van der Waals surface area contributed by atoms with Gasteiger partial charge in [-0.05, 0) is 73.9 Å². The number of hydrogen-bond donors (Lipinski definition) is 0. The second-order valence-corrected chi connectivity index (χ2v) is 13.7. The van der Waals surface area contributed by atoms with Gasteiger partial charge in [0.25, 0.3) is 0 Å². The first kappa shape index (κ1) is 35.4. The van der Waals surface area contributed by atoms with Gasteiger partial charge in [-0.15, -0.1) is 6.42 Å². The highest BCUT2D eigenvalue weighted by atomic mass is 35.5. The Morgan fingerprint density at radius 1 is 0.981 bits per heavy atom. The summed E-state index contributed by atoms with van der Waals surface area (Å²) in [6.45, 7) is 15.0. The lowest BCUT2D eigenvalue weighted by Gasteiger charge is -2.37. The van der Waals surface area contributed by atoms with Crippen LogP contribution < -0.4 is 19.4 Å². The van der Waals surface area contributed by atoms with E-state index in [4.69, 9.17) is 32.2 Å². The van der Waals surface area contributed by atoms with Gasteiger partial charge < -0.3 is 24.0 Å². The molecule has 52 heavy (non-hydrogen) atoms. The molecule has 3 unspecified atom stereocenters. The molecule has 0 spiro atoms. The van der Waals surface area contributed by atoms with Crippen LogP contribution in [0.4, 0.5) is 17.1 Å². The van der Waals surface area contributed by atoms with Gasteiger partial charge in [0.2, 0.25) is 5.79 Å². The van der Waals surface area contributed by atoms with Gasteiger partial charge in [-0.2, -0.15) is 20.1 Å². The van der Waals surface area contributed by atoms with Crippen molar-refractivity contribution in [1.29, 1.82) is 0 Å². The number of ether oxygens (including phenoxy) is 3.